The van der Waals surface area contributed by atoms with Crippen molar-refractivity contribution in [2.75, 3.05) is 0 Å². The van der Waals surface area contributed by atoms with Gasteiger partial charge >= 0.3 is 0 Å². The zero-order valence-electron chi connectivity index (χ0n) is 9.59. The molecule has 0 unspecified atom stereocenters. The highest BCUT2D eigenvalue weighted by atomic mass is 16.3. The molecule has 0 saturated heterocycles. The highest BCUT2D eigenvalue weighted by Gasteiger charge is 2.16. The van der Waals surface area contributed by atoms with Gasteiger partial charge in [0, 0.05) is 5.56 Å². The molecule has 1 aromatic heterocycles. The number of hydrogen-bond donors (Lipinski definition) is 1. The number of rotatable bonds is 3. The lowest BCUT2D eigenvalue weighted by atomic mass is 10.2. The van der Waals surface area contributed by atoms with E-state index in [4.69, 9.17) is 5.26 Å². The first kappa shape index (κ1) is 11.4. The molecular weight excluding hydrogens is 214 g/mol. The van der Waals surface area contributed by atoms with Crippen molar-refractivity contribution in [3.8, 4) is 17.6 Å². The third-order valence-corrected chi connectivity index (χ3v) is 2.67. The highest BCUT2D eigenvalue weighted by molar-refractivity contribution is 5.58. The maximum absolute atomic E-state index is 9.31. The van der Waals surface area contributed by atoms with E-state index in [1.165, 1.54) is 4.57 Å². The van der Waals surface area contributed by atoms with Crippen molar-refractivity contribution in [3.63, 3.8) is 0 Å². The van der Waals surface area contributed by atoms with Gasteiger partial charge in [-0.2, -0.15) is 5.26 Å². The van der Waals surface area contributed by atoms with E-state index in [9.17, 15) is 5.11 Å². The second-order valence-electron chi connectivity index (χ2n) is 3.64. The van der Waals surface area contributed by atoms with E-state index < -0.39 is 0 Å². The Morgan fingerprint density at radius 1 is 1.35 bits per heavy atom. The lowest BCUT2D eigenvalue weighted by molar-refractivity contribution is 0.273. The molecule has 4 nitrogen and oxygen atoms in total. The van der Waals surface area contributed by atoms with Gasteiger partial charge in [-0.05, 0) is 6.42 Å². The van der Waals surface area contributed by atoms with Crippen LogP contribution in [0.4, 0.5) is 0 Å². The predicted molar refractivity (Wildman–Crippen MR) is 64.0 cm³/mol. The van der Waals surface area contributed by atoms with Gasteiger partial charge in [0.2, 0.25) is 0 Å². The Balaban J connectivity index is 2.63. The molecule has 0 aliphatic heterocycles. The predicted octanol–water partition coefficient (Wildman–Crippen LogP) is 1.93. The number of nitriles is 1. The summed E-state index contributed by atoms with van der Waals surface area (Å²) in [4.78, 5) is 4.42. The molecule has 0 atom stereocenters. The topological polar surface area (TPSA) is 61.8 Å². The van der Waals surface area contributed by atoms with Crippen molar-refractivity contribution in [1.82, 2.24) is 9.55 Å². The average molecular weight is 227 g/mol. The number of benzene rings is 1. The first-order chi connectivity index (χ1) is 8.31. The van der Waals surface area contributed by atoms with E-state index in [1.807, 2.05) is 37.3 Å². The zero-order valence-corrected chi connectivity index (χ0v) is 9.59. The summed E-state index contributed by atoms with van der Waals surface area (Å²) in [7, 11) is 0. The molecule has 0 amide bonds. The fourth-order valence-corrected chi connectivity index (χ4v) is 1.83. The van der Waals surface area contributed by atoms with Gasteiger partial charge in [-0.1, -0.05) is 37.3 Å². The Kier molecular flexibility index (Phi) is 3.22. The fraction of sp³-hybridized carbons (Fsp3) is 0.231. The van der Waals surface area contributed by atoms with E-state index in [-0.39, 0.29) is 6.61 Å². The number of aliphatic hydroxyl groups excluding tert-OH is 1. The normalized spacial score (nSPS) is 10.2. The second-order valence-corrected chi connectivity index (χ2v) is 3.64. The number of aryl methyl sites for hydroxylation is 1. The Hall–Kier alpha value is -2.12. The van der Waals surface area contributed by atoms with Gasteiger partial charge in [-0.3, -0.25) is 0 Å². The molecule has 86 valence electrons. The van der Waals surface area contributed by atoms with Crippen LogP contribution < -0.4 is 0 Å². The van der Waals surface area contributed by atoms with Gasteiger partial charge in [0.15, 0.2) is 12.0 Å². The number of hydrogen-bond acceptors (Lipinski definition) is 3. The highest BCUT2D eigenvalue weighted by Crippen LogP contribution is 2.22. The molecule has 1 N–H and O–H groups in total. The molecule has 2 aromatic rings. The van der Waals surface area contributed by atoms with Crippen LogP contribution in [0.2, 0.25) is 0 Å². The van der Waals surface area contributed by atoms with E-state index in [2.05, 4.69) is 11.2 Å². The average Bonchev–Trinajstić information content (AvgIpc) is 2.77. The Morgan fingerprint density at radius 2 is 2.06 bits per heavy atom. The van der Waals surface area contributed by atoms with Gasteiger partial charge in [-0.25, -0.2) is 9.55 Å². The zero-order chi connectivity index (χ0) is 12.3. The third-order valence-electron chi connectivity index (χ3n) is 2.67. The summed E-state index contributed by atoms with van der Waals surface area (Å²) >= 11 is 0. The van der Waals surface area contributed by atoms with E-state index in [1.54, 1.807) is 0 Å². The third kappa shape index (κ3) is 1.93. The summed E-state index contributed by atoms with van der Waals surface area (Å²) < 4.78 is 1.40. The van der Waals surface area contributed by atoms with E-state index >= 15 is 0 Å². The molecule has 1 heterocycles. The molecule has 0 saturated carbocycles. The molecule has 0 radical (unpaired) electrons. The summed E-state index contributed by atoms with van der Waals surface area (Å²) in [6.07, 6.45) is 2.76. The molecule has 0 aliphatic carbocycles. The molecule has 0 aliphatic rings. The van der Waals surface area contributed by atoms with Crippen molar-refractivity contribution in [3.05, 3.63) is 41.7 Å². The number of aromatic nitrogens is 2. The van der Waals surface area contributed by atoms with Crippen molar-refractivity contribution in [2.24, 2.45) is 0 Å². The molecule has 0 bridgehead atoms. The summed E-state index contributed by atoms with van der Waals surface area (Å²) in [6, 6.07) is 9.51. The first-order valence-corrected chi connectivity index (χ1v) is 5.48. The van der Waals surface area contributed by atoms with Crippen LogP contribution in [0.5, 0.6) is 0 Å². The van der Waals surface area contributed by atoms with Crippen LogP contribution in [-0.2, 0) is 13.0 Å². The van der Waals surface area contributed by atoms with Crippen LogP contribution in [-0.4, -0.2) is 14.7 Å². The van der Waals surface area contributed by atoms with Gasteiger partial charge in [-0.15, -0.1) is 0 Å². The standard InChI is InChI=1S/C13H13N3O/c1-2-11-12(8-17)16(9-14)13(15-11)10-6-4-3-5-7-10/h3-7,17H,2,8H2,1H3. The lowest BCUT2D eigenvalue weighted by Gasteiger charge is -2.00. The van der Waals surface area contributed by atoms with Gasteiger partial charge < -0.3 is 5.11 Å². The fourth-order valence-electron chi connectivity index (χ4n) is 1.83. The summed E-state index contributed by atoms with van der Waals surface area (Å²) in [5, 5.41) is 18.5. The molecule has 2 rings (SSSR count). The largest absolute Gasteiger partial charge is 0.390 e. The smallest absolute Gasteiger partial charge is 0.190 e. The van der Waals surface area contributed by atoms with Crippen LogP contribution in [0.15, 0.2) is 30.3 Å². The minimum atomic E-state index is -0.170. The monoisotopic (exact) mass is 227 g/mol. The van der Waals surface area contributed by atoms with Crippen LogP contribution >= 0.6 is 0 Å². The van der Waals surface area contributed by atoms with Crippen LogP contribution in [0.3, 0.4) is 0 Å². The van der Waals surface area contributed by atoms with Crippen LogP contribution in [0.1, 0.15) is 18.3 Å². The molecule has 0 spiro atoms. The van der Waals surface area contributed by atoms with Gasteiger partial charge in [0.25, 0.3) is 0 Å². The molecule has 1 aromatic carbocycles. The van der Waals surface area contributed by atoms with Gasteiger partial charge in [0.05, 0.1) is 18.0 Å². The minimum Gasteiger partial charge on any atom is -0.390 e. The van der Waals surface area contributed by atoms with E-state index in [0.717, 1.165) is 11.3 Å². The van der Waals surface area contributed by atoms with E-state index in [0.29, 0.717) is 17.9 Å². The van der Waals surface area contributed by atoms with Crippen molar-refractivity contribution in [2.45, 2.75) is 20.0 Å². The van der Waals surface area contributed by atoms with Crippen molar-refractivity contribution < 1.29 is 5.11 Å². The second kappa shape index (κ2) is 4.81. The maximum Gasteiger partial charge on any atom is 0.190 e. The van der Waals surface area contributed by atoms with Crippen LogP contribution in [0.25, 0.3) is 11.4 Å². The number of imidazole rings is 1. The van der Waals surface area contributed by atoms with Crippen LogP contribution in [0, 0.1) is 11.5 Å². The van der Waals surface area contributed by atoms with Gasteiger partial charge in [0.1, 0.15) is 0 Å². The quantitative estimate of drug-likeness (QED) is 0.871. The summed E-state index contributed by atoms with van der Waals surface area (Å²) in [5.41, 5.74) is 2.23. The number of nitrogens with zero attached hydrogens (tertiary/aromatic N) is 3. The molecule has 0 fully saturated rings. The van der Waals surface area contributed by atoms with Crippen molar-refractivity contribution in [1.29, 1.82) is 5.26 Å². The summed E-state index contributed by atoms with van der Waals surface area (Å²) in [5.74, 6) is 0.592. The van der Waals surface area contributed by atoms with Crippen molar-refractivity contribution >= 4 is 0 Å². The minimum absolute atomic E-state index is 0.170. The maximum atomic E-state index is 9.31. The first-order valence-electron chi connectivity index (χ1n) is 5.48. The Morgan fingerprint density at radius 3 is 2.59 bits per heavy atom. The SMILES string of the molecule is CCc1nc(-c2ccccc2)n(C#N)c1CO. The lowest BCUT2D eigenvalue weighted by Crippen LogP contribution is -2.00. The Labute approximate surface area is 99.8 Å². The summed E-state index contributed by atoms with van der Waals surface area (Å²) in [6.45, 7) is 1.79. The molecular formula is C13H13N3O. The molecule has 4 heteroatoms. The Bertz CT molecular complexity index is 552. The number of aliphatic hydroxyl groups is 1. The molecule has 17 heavy (non-hydrogen) atoms.